The van der Waals surface area contributed by atoms with E-state index in [9.17, 15) is 10.2 Å². The largest absolute Gasteiger partial charge is 0.392 e. The van der Waals surface area contributed by atoms with Crippen LogP contribution in [0.4, 0.5) is 0 Å². The van der Waals surface area contributed by atoms with Gasteiger partial charge in [-0.3, -0.25) is 0 Å². The molecule has 0 aliphatic heterocycles. The lowest BCUT2D eigenvalue weighted by molar-refractivity contribution is 0.0330. The summed E-state index contributed by atoms with van der Waals surface area (Å²) in [7, 11) is 1.73. The first kappa shape index (κ1) is 16.9. The number of hydrogen-bond donors (Lipinski definition) is 3. The smallest absolute Gasteiger partial charge is 0.209 e. The van der Waals surface area contributed by atoms with Crippen LogP contribution in [0.25, 0.3) is 0 Å². The van der Waals surface area contributed by atoms with Gasteiger partial charge in [0.25, 0.3) is 0 Å². The summed E-state index contributed by atoms with van der Waals surface area (Å²) >= 11 is 1.34. The average molecular weight is 324 g/mol. The van der Waals surface area contributed by atoms with Gasteiger partial charge in [0.15, 0.2) is 0 Å². The van der Waals surface area contributed by atoms with Crippen LogP contribution in [0, 0.1) is 5.92 Å². The molecule has 120 valence electrons. The fourth-order valence-electron chi connectivity index (χ4n) is 1.99. The Morgan fingerprint density at radius 2 is 1.91 bits per heavy atom. The number of aryl methyl sites for hydroxylation is 1. The van der Waals surface area contributed by atoms with Gasteiger partial charge < -0.3 is 15.3 Å². The topological polar surface area (TPSA) is 104 Å². The van der Waals surface area contributed by atoms with Crippen molar-refractivity contribution in [2.75, 3.05) is 5.75 Å². The Morgan fingerprint density at radius 1 is 1.23 bits per heavy atom. The first-order chi connectivity index (χ1) is 10.5. The Morgan fingerprint density at radius 3 is 2.45 bits per heavy atom. The lowest BCUT2D eigenvalue weighted by atomic mass is 9.93. The van der Waals surface area contributed by atoms with Crippen LogP contribution in [0.5, 0.6) is 0 Å². The van der Waals surface area contributed by atoms with Gasteiger partial charge in [0, 0.05) is 18.7 Å². The average Bonchev–Trinajstić information content (AvgIpc) is 2.96. The maximum atomic E-state index is 10.4. The summed E-state index contributed by atoms with van der Waals surface area (Å²) in [4.78, 5) is 0. The Kier molecular flexibility index (Phi) is 5.90. The molecule has 0 bridgehead atoms. The highest BCUT2D eigenvalue weighted by atomic mass is 32.2. The predicted molar refractivity (Wildman–Crippen MR) is 82.0 cm³/mol. The maximum absolute atomic E-state index is 10.4. The molecule has 0 fully saturated rings. The molecule has 0 saturated carbocycles. The zero-order valence-electron chi connectivity index (χ0n) is 12.5. The number of benzene rings is 1. The van der Waals surface area contributed by atoms with Crippen molar-refractivity contribution >= 4 is 11.8 Å². The zero-order chi connectivity index (χ0) is 16.1. The van der Waals surface area contributed by atoms with E-state index >= 15 is 0 Å². The van der Waals surface area contributed by atoms with E-state index in [0.29, 0.717) is 16.5 Å². The molecule has 1 heterocycles. The molecule has 1 aromatic heterocycles. The van der Waals surface area contributed by atoms with Crippen LogP contribution in [0.3, 0.4) is 0 Å². The van der Waals surface area contributed by atoms with E-state index in [-0.39, 0.29) is 12.5 Å². The van der Waals surface area contributed by atoms with E-state index in [1.807, 2.05) is 0 Å². The summed E-state index contributed by atoms with van der Waals surface area (Å²) in [6.45, 7) is 1.77. The van der Waals surface area contributed by atoms with Crippen LogP contribution in [-0.2, 0) is 13.7 Å². The lowest BCUT2D eigenvalue weighted by Gasteiger charge is -2.24. The quantitative estimate of drug-likeness (QED) is 0.638. The maximum Gasteiger partial charge on any atom is 0.209 e. The van der Waals surface area contributed by atoms with Gasteiger partial charge in [-0.2, -0.15) is 0 Å². The van der Waals surface area contributed by atoms with Crippen molar-refractivity contribution in [3.8, 4) is 0 Å². The molecule has 22 heavy (non-hydrogen) atoms. The fraction of sp³-hybridized carbons (Fsp3) is 0.500. The minimum atomic E-state index is -0.777. The van der Waals surface area contributed by atoms with Gasteiger partial charge >= 0.3 is 0 Å². The summed E-state index contributed by atoms with van der Waals surface area (Å²) in [5.74, 6) is 0.0508. The Labute approximate surface area is 133 Å². The number of aliphatic hydroxyl groups excluding tert-OH is 3. The van der Waals surface area contributed by atoms with Gasteiger partial charge in [0.1, 0.15) is 0 Å². The van der Waals surface area contributed by atoms with Crippen molar-refractivity contribution in [3.05, 3.63) is 35.4 Å². The molecule has 0 aliphatic rings. The number of aromatic nitrogens is 4. The molecule has 2 aromatic rings. The zero-order valence-corrected chi connectivity index (χ0v) is 13.3. The van der Waals surface area contributed by atoms with Gasteiger partial charge in [-0.1, -0.05) is 43.0 Å². The summed E-state index contributed by atoms with van der Waals surface area (Å²) in [6, 6.07) is 7.05. The van der Waals surface area contributed by atoms with E-state index in [0.717, 1.165) is 5.56 Å². The standard InChI is InChI=1S/C14H20N4O3S/c1-9(12(20)8-22-14-15-16-17-18(14)2)13(21)11-5-3-10(7-19)4-6-11/h3-6,9,12-13,19-21H,7-8H2,1-2H3/t9-,12+,13+/m1/s1. The second kappa shape index (κ2) is 7.68. The minimum Gasteiger partial charge on any atom is -0.392 e. The van der Waals surface area contributed by atoms with Crippen molar-refractivity contribution in [1.29, 1.82) is 0 Å². The first-order valence-corrected chi connectivity index (χ1v) is 7.92. The highest BCUT2D eigenvalue weighted by Gasteiger charge is 2.24. The molecule has 8 heteroatoms. The lowest BCUT2D eigenvalue weighted by Crippen LogP contribution is -2.26. The Balaban J connectivity index is 1.93. The molecule has 0 spiro atoms. The van der Waals surface area contributed by atoms with Crippen molar-refractivity contribution in [2.24, 2.45) is 13.0 Å². The summed E-state index contributed by atoms with van der Waals surface area (Å²) < 4.78 is 1.53. The van der Waals surface area contributed by atoms with Gasteiger partial charge in [-0.05, 0) is 21.6 Å². The number of thioether (sulfide) groups is 1. The van der Waals surface area contributed by atoms with Crippen LogP contribution in [0.2, 0.25) is 0 Å². The Hall–Kier alpha value is -1.48. The van der Waals surface area contributed by atoms with E-state index in [1.54, 1.807) is 38.2 Å². The normalized spacial score (nSPS) is 15.5. The van der Waals surface area contributed by atoms with E-state index in [1.165, 1.54) is 16.4 Å². The molecular weight excluding hydrogens is 304 g/mol. The molecule has 0 aliphatic carbocycles. The van der Waals surface area contributed by atoms with Gasteiger partial charge in [-0.25, -0.2) is 4.68 Å². The highest BCUT2D eigenvalue weighted by Crippen LogP contribution is 2.27. The summed E-state index contributed by atoms with van der Waals surface area (Å²) in [5, 5.41) is 41.3. The van der Waals surface area contributed by atoms with Crippen LogP contribution in [0.15, 0.2) is 29.4 Å². The van der Waals surface area contributed by atoms with E-state index in [4.69, 9.17) is 5.11 Å². The molecular formula is C14H20N4O3S. The molecule has 0 amide bonds. The van der Waals surface area contributed by atoms with Gasteiger partial charge in [-0.15, -0.1) is 5.10 Å². The first-order valence-electron chi connectivity index (χ1n) is 6.94. The van der Waals surface area contributed by atoms with Crippen LogP contribution < -0.4 is 0 Å². The Bertz CT molecular complexity index is 590. The molecule has 3 atom stereocenters. The molecule has 7 nitrogen and oxygen atoms in total. The highest BCUT2D eigenvalue weighted by molar-refractivity contribution is 7.99. The SMILES string of the molecule is C[C@@H]([C@H](O)c1ccc(CO)cc1)[C@@H](O)CSc1nnnn1C. The van der Waals surface area contributed by atoms with E-state index < -0.39 is 12.2 Å². The fourth-order valence-corrected chi connectivity index (χ4v) is 2.93. The number of hydrogen-bond acceptors (Lipinski definition) is 7. The summed E-state index contributed by atoms with van der Waals surface area (Å²) in [5.41, 5.74) is 1.50. The third-order valence-corrected chi connectivity index (χ3v) is 4.69. The molecule has 0 saturated heterocycles. The molecule has 3 N–H and O–H groups in total. The predicted octanol–water partition coefficient (Wildman–Crippen LogP) is 0.525. The molecule has 0 unspecified atom stereocenters. The second-order valence-corrected chi connectivity index (χ2v) is 6.15. The monoisotopic (exact) mass is 324 g/mol. The van der Waals surface area contributed by atoms with Crippen molar-refractivity contribution < 1.29 is 15.3 Å². The van der Waals surface area contributed by atoms with Crippen molar-refractivity contribution in [2.45, 2.75) is 30.9 Å². The molecule has 1 aromatic carbocycles. The van der Waals surface area contributed by atoms with Gasteiger partial charge in [0.2, 0.25) is 5.16 Å². The van der Waals surface area contributed by atoms with Crippen LogP contribution in [0.1, 0.15) is 24.2 Å². The second-order valence-electron chi connectivity index (χ2n) is 5.17. The van der Waals surface area contributed by atoms with E-state index in [2.05, 4.69) is 15.5 Å². The van der Waals surface area contributed by atoms with Crippen LogP contribution >= 0.6 is 11.8 Å². The number of nitrogens with zero attached hydrogens (tertiary/aromatic N) is 4. The molecule has 2 rings (SSSR count). The van der Waals surface area contributed by atoms with Crippen molar-refractivity contribution in [3.63, 3.8) is 0 Å². The minimum absolute atomic E-state index is 0.0308. The number of rotatable bonds is 7. The van der Waals surface area contributed by atoms with Crippen molar-refractivity contribution in [1.82, 2.24) is 20.2 Å². The van der Waals surface area contributed by atoms with Gasteiger partial charge in [0.05, 0.1) is 18.8 Å². The molecule has 0 radical (unpaired) electrons. The third-order valence-electron chi connectivity index (χ3n) is 3.57. The number of aliphatic hydroxyl groups is 3. The van der Waals surface area contributed by atoms with Crippen LogP contribution in [-0.4, -0.2) is 47.4 Å². The third kappa shape index (κ3) is 4.04. The number of tetrazole rings is 1. The summed E-state index contributed by atoms with van der Waals surface area (Å²) in [6.07, 6.45) is -1.48.